The molecule has 0 amide bonds. The van der Waals surface area contributed by atoms with Crippen LogP contribution in [-0.4, -0.2) is 32.8 Å². The van der Waals surface area contributed by atoms with Gasteiger partial charge in [-0.1, -0.05) is 0 Å². The molecule has 1 rings (SSSR count). The van der Waals surface area contributed by atoms with Crippen LogP contribution >= 0.6 is 0 Å². The molecule has 0 saturated carbocycles. The van der Waals surface area contributed by atoms with E-state index in [9.17, 15) is 4.79 Å². The Morgan fingerprint density at radius 3 is 2.39 bits per heavy atom. The summed E-state index contributed by atoms with van der Waals surface area (Å²) in [7, 11) is 3.35. The van der Waals surface area contributed by atoms with Gasteiger partial charge in [-0.25, -0.2) is 0 Å². The Kier molecular flexibility index (Phi) is 5.49. The number of methoxy groups -OCH3 is 1. The highest BCUT2D eigenvalue weighted by Crippen LogP contribution is 2.19. The fourth-order valence-corrected chi connectivity index (χ4v) is 1.54. The predicted molar refractivity (Wildman–Crippen MR) is 72.1 cm³/mol. The van der Waals surface area contributed by atoms with Crippen molar-refractivity contribution >= 4 is 11.7 Å². The van der Waals surface area contributed by atoms with Crippen molar-refractivity contribution in [2.24, 2.45) is 0 Å². The lowest BCUT2D eigenvalue weighted by Gasteiger charge is -2.19. The van der Waals surface area contributed by atoms with Gasteiger partial charge in [0.2, 0.25) is 0 Å². The lowest BCUT2D eigenvalue weighted by Crippen LogP contribution is -2.21. The molecule has 0 heterocycles. The predicted octanol–water partition coefficient (Wildman–Crippen LogP) is 2.47. The summed E-state index contributed by atoms with van der Waals surface area (Å²) in [5.41, 5.74) is 1.05. The zero-order valence-corrected chi connectivity index (χ0v) is 11.5. The monoisotopic (exact) mass is 251 g/mol. The minimum absolute atomic E-state index is 0.174. The number of ether oxygens (including phenoxy) is 2. The number of esters is 1. The Labute approximate surface area is 108 Å². The van der Waals surface area contributed by atoms with Gasteiger partial charge in [0, 0.05) is 19.3 Å². The summed E-state index contributed by atoms with van der Waals surface area (Å²) >= 11 is 0. The number of anilines is 1. The van der Waals surface area contributed by atoms with Crippen LogP contribution < -0.4 is 9.64 Å². The van der Waals surface area contributed by atoms with Crippen LogP contribution in [0.25, 0.3) is 0 Å². The number of benzene rings is 1. The average Bonchev–Trinajstić information content (AvgIpc) is 2.35. The van der Waals surface area contributed by atoms with E-state index in [1.165, 1.54) is 7.11 Å². The van der Waals surface area contributed by atoms with Gasteiger partial charge in [0.15, 0.2) is 0 Å². The van der Waals surface area contributed by atoms with Crippen LogP contribution in [0.4, 0.5) is 5.69 Å². The van der Waals surface area contributed by atoms with Gasteiger partial charge in [-0.15, -0.1) is 0 Å². The van der Waals surface area contributed by atoms with E-state index in [-0.39, 0.29) is 12.1 Å². The topological polar surface area (TPSA) is 38.8 Å². The summed E-state index contributed by atoms with van der Waals surface area (Å²) in [5, 5.41) is 0. The van der Waals surface area contributed by atoms with E-state index in [0.29, 0.717) is 13.0 Å². The molecule has 1 aromatic rings. The summed E-state index contributed by atoms with van der Waals surface area (Å²) in [6, 6.07) is 7.83. The fourth-order valence-electron chi connectivity index (χ4n) is 1.54. The van der Waals surface area contributed by atoms with Gasteiger partial charge in [-0.05, 0) is 38.1 Å². The van der Waals surface area contributed by atoms with Crippen molar-refractivity contribution in [1.29, 1.82) is 0 Å². The third-order valence-corrected chi connectivity index (χ3v) is 2.53. The molecule has 1 aromatic carbocycles. The van der Waals surface area contributed by atoms with Crippen molar-refractivity contribution in [1.82, 2.24) is 0 Å². The molecule has 0 saturated heterocycles. The Morgan fingerprint density at radius 2 is 1.89 bits per heavy atom. The van der Waals surface area contributed by atoms with Gasteiger partial charge in [0.05, 0.1) is 19.6 Å². The largest absolute Gasteiger partial charge is 0.491 e. The zero-order valence-electron chi connectivity index (χ0n) is 11.5. The van der Waals surface area contributed by atoms with E-state index in [1.807, 2.05) is 50.1 Å². The molecule has 0 aliphatic rings. The van der Waals surface area contributed by atoms with Crippen LogP contribution in [0.15, 0.2) is 24.3 Å². The van der Waals surface area contributed by atoms with Crippen LogP contribution in [0.1, 0.15) is 20.3 Å². The maximum atomic E-state index is 11.1. The standard InChI is InChI=1S/C14H21NO3/c1-11(2)18-13-7-5-12(6-8-13)15(3)10-9-14(16)17-4/h5-8,11H,9-10H2,1-4H3. The van der Waals surface area contributed by atoms with Crippen LogP contribution in [0, 0.1) is 0 Å². The maximum absolute atomic E-state index is 11.1. The highest BCUT2D eigenvalue weighted by molar-refractivity contribution is 5.70. The molecular formula is C14H21NO3. The quantitative estimate of drug-likeness (QED) is 0.728. The second kappa shape index (κ2) is 6.89. The highest BCUT2D eigenvalue weighted by Gasteiger charge is 2.05. The van der Waals surface area contributed by atoms with Crippen LogP contribution in [0.3, 0.4) is 0 Å². The minimum atomic E-state index is -0.193. The molecule has 0 aromatic heterocycles. The van der Waals surface area contributed by atoms with Crippen molar-refractivity contribution in [3.63, 3.8) is 0 Å². The molecule has 100 valence electrons. The second-order valence-electron chi connectivity index (χ2n) is 4.41. The molecule has 0 spiro atoms. The number of hydrogen-bond donors (Lipinski definition) is 0. The van der Waals surface area contributed by atoms with E-state index >= 15 is 0 Å². The average molecular weight is 251 g/mol. The van der Waals surface area contributed by atoms with Gasteiger partial charge in [-0.2, -0.15) is 0 Å². The number of carbonyl (C=O) groups excluding carboxylic acids is 1. The smallest absolute Gasteiger partial charge is 0.307 e. The summed E-state index contributed by atoms with van der Waals surface area (Å²) < 4.78 is 10.2. The molecule has 0 N–H and O–H groups in total. The second-order valence-corrected chi connectivity index (χ2v) is 4.41. The maximum Gasteiger partial charge on any atom is 0.307 e. The minimum Gasteiger partial charge on any atom is -0.491 e. The lowest BCUT2D eigenvalue weighted by molar-refractivity contribution is -0.140. The van der Waals surface area contributed by atoms with Crippen molar-refractivity contribution in [2.75, 3.05) is 25.6 Å². The van der Waals surface area contributed by atoms with Crippen LogP contribution in [-0.2, 0) is 9.53 Å². The van der Waals surface area contributed by atoms with E-state index in [0.717, 1.165) is 11.4 Å². The first-order valence-electron chi connectivity index (χ1n) is 6.07. The Bertz CT molecular complexity index is 373. The molecule has 0 radical (unpaired) electrons. The van der Waals surface area contributed by atoms with Crippen molar-refractivity contribution in [3.05, 3.63) is 24.3 Å². The normalized spacial score (nSPS) is 10.3. The van der Waals surface area contributed by atoms with E-state index in [1.54, 1.807) is 0 Å². The van der Waals surface area contributed by atoms with Gasteiger partial charge in [0.1, 0.15) is 5.75 Å². The first-order chi connectivity index (χ1) is 8.52. The van der Waals surface area contributed by atoms with Crippen molar-refractivity contribution in [3.8, 4) is 5.75 Å². The van der Waals surface area contributed by atoms with E-state index in [4.69, 9.17) is 4.74 Å². The SMILES string of the molecule is COC(=O)CCN(C)c1ccc(OC(C)C)cc1. The van der Waals surface area contributed by atoms with Crippen LogP contribution in [0.2, 0.25) is 0 Å². The van der Waals surface area contributed by atoms with E-state index in [2.05, 4.69) is 4.74 Å². The van der Waals surface area contributed by atoms with Crippen molar-refractivity contribution < 1.29 is 14.3 Å². The van der Waals surface area contributed by atoms with Crippen LogP contribution in [0.5, 0.6) is 5.75 Å². The molecule has 0 atom stereocenters. The summed E-state index contributed by atoms with van der Waals surface area (Å²) in [4.78, 5) is 13.1. The summed E-state index contributed by atoms with van der Waals surface area (Å²) in [6.45, 7) is 4.63. The van der Waals surface area contributed by atoms with Gasteiger partial charge in [-0.3, -0.25) is 4.79 Å². The molecular weight excluding hydrogens is 230 g/mol. The summed E-state index contributed by atoms with van der Waals surface area (Å²) in [6.07, 6.45) is 0.560. The molecule has 0 unspecified atom stereocenters. The Morgan fingerprint density at radius 1 is 1.28 bits per heavy atom. The Hall–Kier alpha value is -1.71. The molecule has 4 heteroatoms. The van der Waals surface area contributed by atoms with Crippen molar-refractivity contribution in [2.45, 2.75) is 26.4 Å². The molecule has 18 heavy (non-hydrogen) atoms. The molecule has 0 aliphatic carbocycles. The third kappa shape index (κ3) is 4.65. The summed E-state index contributed by atoms with van der Waals surface area (Å²) in [5.74, 6) is 0.664. The highest BCUT2D eigenvalue weighted by atomic mass is 16.5. The van der Waals surface area contributed by atoms with Gasteiger partial charge in [0.25, 0.3) is 0 Å². The molecule has 0 bridgehead atoms. The molecule has 0 aliphatic heterocycles. The fraction of sp³-hybridized carbons (Fsp3) is 0.500. The number of nitrogens with zero attached hydrogens (tertiary/aromatic N) is 1. The number of hydrogen-bond acceptors (Lipinski definition) is 4. The van der Waals surface area contributed by atoms with E-state index < -0.39 is 0 Å². The molecule has 4 nitrogen and oxygen atoms in total. The number of carbonyl (C=O) groups is 1. The zero-order chi connectivity index (χ0) is 13.5. The third-order valence-electron chi connectivity index (χ3n) is 2.53. The van der Waals surface area contributed by atoms with Gasteiger partial charge < -0.3 is 14.4 Å². The van der Waals surface area contributed by atoms with Gasteiger partial charge >= 0.3 is 5.97 Å². The molecule has 0 fully saturated rings. The first-order valence-corrected chi connectivity index (χ1v) is 6.07. The number of rotatable bonds is 6. The lowest BCUT2D eigenvalue weighted by atomic mass is 10.2. The first kappa shape index (κ1) is 14.4. The Balaban J connectivity index is 2.53.